The van der Waals surface area contributed by atoms with Crippen LogP contribution in [-0.2, 0) is 14.2 Å². The zero-order valence-electron chi connectivity index (χ0n) is 10.1. The van der Waals surface area contributed by atoms with Crippen molar-refractivity contribution in [3.63, 3.8) is 0 Å². The smallest absolute Gasteiger partial charge is 0.186 e. The van der Waals surface area contributed by atoms with E-state index in [9.17, 15) is 25.5 Å². The largest absolute Gasteiger partial charge is 0.388 e. The van der Waals surface area contributed by atoms with E-state index < -0.39 is 42.9 Å². The number of aliphatic hydroxyl groups excluding tert-OH is 5. The van der Waals surface area contributed by atoms with Gasteiger partial charge in [0.1, 0.15) is 36.6 Å². The van der Waals surface area contributed by atoms with Crippen LogP contribution in [0.25, 0.3) is 0 Å². The fourth-order valence-corrected chi connectivity index (χ4v) is 2.64. The molecule has 3 fully saturated rings. The van der Waals surface area contributed by atoms with Gasteiger partial charge in [-0.15, -0.1) is 0 Å². The SMILES string of the molecule is O[C@@H]1[C@@H](O)[C@H](O[C@@H]2OC[C@@H](O)[C@H](O)[C@H]2O)C[C@H]2O[C@@H]12. The van der Waals surface area contributed by atoms with Gasteiger partial charge in [-0.05, 0) is 0 Å². The van der Waals surface area contributed by atoms with Gasteiger partial charge in [0.15, 0.2) is 6.29 Å². The molecule has 0 aromatic heterocycles. The normalized spacial score (nSPS) is 57.6. The molecule has 0 unspecified atom stereocenters. The zero-order valence-corrected chi connectivity index (χ0v) is 10.1. The van der Waals surface area contributed by atoms with Crippen molar-refractivity contribution in [3.05, 3.63) is 0 Å². The quantitative estimate of drug-likeness (QED) is 0.332. The summed E-state index contributed by atoms with van der Waals surface area (Å²) in [5, 5.41) is 48.1. The highest BCUT2D eigenvalue weighted by atomic mass is 16.7. The van der Waals surface area contributed by atoms with Crippen molar-refractivity contribution in [1.29, 1.82) is 0 Å². The van der Waals surface area contributed by atoms with Crippen LogP contribution in [0.3, 0.4) is 0 Å². The van der Waals surface area contributed by atoms with E-state index in [4.69, 9.17) is 14.2 Å². The maximum atomic E-state index is 9.87. The molecule has 2 aliphatic heterocycles. The lowest BCUT2D eigenvalue weighted by molar-refractivity contribution is -0.295. The second-order valence-corrected chi connectivity index (χ2v) is 5.28. The lowest BCUT2D eigenvalue weighted by Crippen LogP contribution is -2.57. The average Bonchev–Trinajstić information content (AvgIpc) is 3.15. The first kappa shape index (κ1) is 13.7. The minimum Gasteiger partial charge on any atom is -0.388 e. The summed E-state index contributed by atoms with van der Waals surface area (Å²) in [6.07, 6.45) is -8.13. The fraction of sp³-hybridized carbons (Fsp3) is 1.00. The molecule has 0 bridgehead atoms. The maximum Gasteiger partial charge on any atom is 0.186 e. The highest BCUT2D eigenvalue weighted by molar-refractivity contribution is 5.03. The minimum atomic E-state index is -1.41. The van der Waals surface area contributed by atoms with E-state index in [1.807, 2.05) is 0 Å². The number of rotatable bonds is 2. The van der Waals surface area contributed by atoms with Gasteiger partial charge in [0.2, 0.25) is 0 Å². The maximum absolute atomic E-state index is 9.87. The second kappa shape index (κ2) is 4.90. The van der Waals surface area contributed by atoms with E-state index in [1.165, 1.54) is 0 Å². The van der Waals surface area contributed by atoms with E-state index in [2.05, 4.69) is 0 Å². The first-order chi connectivity index (χ1) is 8.99. The van der Waals surface area contributed by atoms with Crippen molar-refractivity contribution in [1.82, 2.24) is 0 Å². The Hall–Kier alpha value is -0.320. The summed E-state index contributed by atoms with van der Waals surface area (Å²) >= 11 is 0. The van der Waals surface area contributed by atoms with Crippen LogP contribution in [0.15, 0.2) is 0 Å². The summed E-state index contributed by atoms with van der Waals surface area (Å²) in [6, 6.07) is 0. The molecule has 1 saturated carbocycles. The molecule has 5 N–H and O–H groups in total. The van der Waals surface area contributed by atoms with Gasteiger partial charge < -0.3 is 39.7 Å². The van der Waals surface area contributed by atoms with Crippen LogP contribution in [0.1, 0.15) is 6.42 Å². The van der Waals surface area contributed by atoms with Crippen LogP contribution in [0.2, 0.25) is 0 Å². The Morgan fingerprint density at radius 2 is 1.63 bits per heavy atom. The van der Waals surface area contributed by atoms with E-state index in [0.717, 1.165) is 0 Å². The third-order valence-corrected chi connectivity index (χ3v) is 3.92. The Morgan fingerprint density at radius 1 is 0.895 bits per heavy atom. The highest BCUT2D eigenvalue weighted by Crippen LogP contribution is 2.39. The van der Waals surface area contributed by atoms with Gasteiger partial charge in [-0.25, -0.2) is 0 Å². The van der Waals surface area contributed by atoms with Crippen molar-refractivity contribution in [2.24, 2.45) is 0 Å². The van der Waals surface area contributed by atoms with Gasteiger partial charge in [-0.2, -0.15) is 0 Å². The Balaban J connectivity index is 1.61. The molecular formula is C11H18O8. The lowest BCUT2D eigenvalue weighted by Gasteiger charge is -2.38. The summed E-state index contributed by atoms with van der Waals surface area (Å²) in [7, 11) is 0. The third kappa shape index (κ3) is 2.39. The molecule has 8 heteroatoms. The van der Waals surface area contributed by atoms with Crippen molar-refractivity contribution in [3.8, 4) is 0 Å². The summed E-state index contributed by atoms with van der Waals surface area (Å²) in [4.78, 5) is 0. The van der Waals surface area contributed by atoms with Gasteiger partial charge in [0, 0.05) is 6.42 Å². The van der Waals surface area contributed by atoms with Crippen molar-refractivity contribution in [2.45, 2.75) is 61.5 Å². The topological polar surface area (TPSA) is 132 Å². The van der Waals surface area contributed by atoms with Gasteiger partial charge >= 0.3 is 0 Å². The summed E-state index contributed by atoms with van der Waals surface area (Å²) in [6.45, 7) is -0.170. The Labute approximate surface area is 109 Å². The Kier molecular flexibility index (Phi) is 3.52. The molecule has 0 aromatic carbocycles. The molecule has 9 atom stereocenters. The summed E-state index contributed by atoms with van der Waals surface area (Å²) < 4.78 is 15.7. The molecule has 3 aliphatic rings. The number of aliphatic hydroxyl groups is 5. The van der Waals surface area contributed by atoms with Gasteiger partial charge in [0.05, 0.1) is 18.8 Å². The van der Waals surface area contributed by atoms with Crippen molar-refractivity contribution < 1.29 is 39.7 Å². The van der Waals surface area contributed by atoms with Gasteiger partial charge in [-0.3, -0.25) is 0 Å². The summed E-state index contributed by atoms with van der Waals surface area (Å²) in [5.74, 6) is 0. The van der Waals surface area contributed by atoms with Crippen LogP contribution >= 0.6 is 0 Å². The monoisotopic (exact) mass is 278 g/mol. The van der Waals surface area contributed by atoms with Gasteiger partial charge in [0.25, 0.3) is 0 Å². The van der Waals surface area contributed by atoms with Crippen molar-refractivity contribution in [2.75, 3.05) is 6.61 Å². The molecule has 8 nitrogen and oxygen atoms in total. The van der Waals surface area contributed by atoms with Crippen LogP contribution < -0.4 is 0 Å². The van der Waals surface area contributed by atoms with Gasteiger partial charge in [-0.1, -0.05) is 0 Å². The molecule has 0 radical (unpaired) electrons. The predicted octanol–water partition coefficient (Wildman–Crippen LogP) is -3.30. The molecular weight excluding hydrogens is 260 g/mol. The molecule has 3 rings (SSSR count). The molecule has 2 saturated heterocycles. The summed E-state index contributed by atoms with van der Waals surface area (Å²) in [5.41, 5.74) is 0. The highest BCUT2D eigenvalue weighted by Gasteiger charge is 2.56. The van der Waals surface area contributed by atoms with Crippen LogP contribution in [0, 0.1) is 0 Å². The second-order valence-electron chi connectivity index (χ2n) is 5.28. The molecule has 110 valence electrons. The first-order valence-electron chi connectivity index (χ1n) is 6.32. The number of hydrogen-bond acceptors (Lipinski definition) is 8. The van der Waals surface area contributed by atoms with E-state index in [-0.39, 0.29) is 18.8 Å². The molecule has 0 aromatic rings. The average molecular weight is 278 g/mol. The number of epoxide rings is 1. The lowest BCUT2D eigenvalue weighted by atomic mass is 9.92. The molecule has 0 spiro atoms. The number of ether oxygens (including phenoxy) is 3. The zero-order chi connectivity index (χ0) is 13.7. The first-order valence-corrected chi connectivity index (χ1v) is 6.32. The fourth-order valence-electron chi connectivity index (χ4n) is 2.64. The van der Waals surface area contributed by atoms with E-state index in [0.29, 0.717) is 6.42 Å². The molecule has 0 amide bonds. The van der Waals surface area contributed by atoms with Crippen LogP contribution in [0.5, 0.6) is 0 Å². The Bertz CT molecular complexity index is 339. The van der Waals surface area contributed by atoms with Crippen LogP contribution in [-0.4, -0.2) is 87.3 Å². The molecule has 19 heavy (non-hydrogen) atoms. The third-order valence-electron chi connectivity index (χ3n) is 3.92. The Morgan fingerprint density at radius 3 is 2.37 bits per heavy atom. The minimum absolute atomic E-state index is 0.153. The van der Waals surface area contributed by atoms with Crippen molar-refractivity contribution >= 4 is 0 Å². The number of fused-ring (bicyclic) bond motifs is 1. The van der Waals surface area contributed by atoms with E-state index >= 15 is 0 Å². The molecule has 1 aliphatic carbocycles. The van der Waals surface area contributed by atoms with Crippen LogP contribution in [0.4, 0.5) is 0 Å². The standard InChI is InChI=1S/C11H18O8/c12-3-2-17-11(9(16)6(3)13)19-4-1-5-10(18-5)8(15)7(4)14/h3-16H,1-2H2/t3-,4-,5-,6+,7+,8-,9-,10-,11+/m1/s1. The molecule has 2 heterocycles. The number of hydrogen-bond donors (Lipinski definition) is 5. The van der Waals surface area contributed by atoms with E-state index in [1.54, 1.807) is 0 Å². The predicted molar refractivity (Wildman–Crippen MR) is 57.9 cm³/mol.